The third-order valence-corrected chi connectivity index (χ3v) is 4.14. The summed E-state index contributed by atoms with van der Waals surface area (Å²) in [6, 6.07) is 12.0. The summed E-state index contributed by atoms with van der Waals surface area (Å²) in [5, 5.41) is 7.18. The number of carbonyl (C=O) groups is 1. The molecule has 1 atom stereocenters. The molecule has 0 radical (unpaired) electrons. The average Bonchev–Trinajstić information content (AvgIpc) is 3.09. The lowest BCUT2D eigenvalue weighted by atomic mass is 9.96. The number of hydrogen-bond donors (Lipinski definition) is 1. The van der Waals surface area contributed by atoms with Crippen LogP contribution in [-0.2, 0) is 10.2 Å². The Bertz CT molecular complexity index is 573. The zero-order chi connectivity index (χ0) is 14.0. The Morgan fingerprint density at radius 3 is 2.70 bits per heavy atom. The van der Waals surface area contributed by atoms with E-state index in [1.54, 1.807) is 10.9 Å². The number of benzene rings is 1. The van der Waals surface area contributed by atoms with Gasteiger partial charge in [-0.1, -0.05) is 30.3 Å². The molecule has 0 spiro atoms. The number of carbonyl (C=O) groups excluding carboxylic acids is 1. The van der Waals surface area contributed by atoms with Crippen molar-refractivity contribution in [1.82, 2.24) is 15.1 Å². The number of rotatable bonds is 5. The summed E-state index contributed by atoms with van der Waals surface area (Å²) < 4.78 is 1.68. The molecule has 4 heteroatoms. The summed E-state index contributed by atoms with van der Waals surface area (Å²) in [6.45, 7) is 2.58. The summed E-state index contributed by atoms with van der Waals surface area (Å²) in [5.74, 6) is 0.0240. The molecule has 4 nitrogen and oxygen atoms in total. The van der Waals surface area contributed by atoms with Gasteiger partial charge in [0.05, 0.1) is 0 Å². The van der Waals surface area contributed by atoms with E-state index in [1.807, 2.05) is 25.3 Å². The molecular formula is C16H19N3O. The molecule has 0 bridgehead atoms. The third kappa shape index (κ3) is 2.46. The van der Waals surface area contributed by atoms with Gasteiger partial charge in [0.15, 0.2) is 0 Å². The Labute approximate surface area is 118 Å². The maximum atomic E-state index is 12.2. The van der Waals surface area contributed by atoms with Crippen molar-refractivity contribution < 1.29 is 4.79 Å². The molecule has 1 amide bonds. The molecule has 1 heterocycles. The van der Waals surface area contributed by atoms with E-state index in [0.717, 1.165) is 12.8 Å². The average molecular weight is 269 g/mol. The van der Waals surface area contributed by atoms with Gasteiger partial charge in [0.1, 0.15) is 6.04 Å². The largest absolute Gasteiger partial charge is 0.353 e. The first-order valence-electron chi connectivity index (χ1n) is 7.04. The number of hydrogen-bond acceptors (Lipinski definition) is 2. The van der Waals surface area contributed by atoms with Gasteiger partial charge in [-0.2, -0.15) is 5.10 Å². The Balaban J connectivity index is 1.61. The van der Waals surface area contributed by atoms with Crippen LogP contribution >= 0.6 is 0 Å². The zero-order valence-corrected chi connectivity index (χ0v) is 11.6. The zero-order valence-electron chi connectivity index (χ0n) is 11.6. The van der Waals surface area contributed by atoms with E-state index in [9.17, 15) is 4.79 Å². The van der Waals surface area contributed by atoms with Crippen LogP contribution in [0.2, 0.25) is 0 Å². The summed E-state index contributed by atoms with van der Waals surface area (Å²) >= 11 is 0. The van der Waals surface area contributed by atoms with Crippen LogP contribution in [0.25, 0.3) is 0 Å². The number of nitrogens with one attached hydrogen (secondary N) is 1. The molecule has 3 rings (SSSR count). The van der Waals surface area contributed by atoms with Crippen molar-refractivity contribution in [2.75, 3.05) is 6.54 Å². The van der Waals surface area contributed by atoms with E-state index < -0.39 is 0 Å². The normalized spacial score (nSPS) is 17.4. The molecule has 1 aliphatic carbocycles. The quantitative estimate of drug-likeness (QED) is 0.905. The molecule has 1 aromatic heterocycles. The van der Waals surface area contributed by atoms with E-state index >= 15 is 0 Å². The molecule has 1 saturated carbocycles. The second kappa shape index (κ2) is 5.12. The van der Waals surface area contributed by atoms with Crippen LogP contribution < -0.4 is 5.32 Å². The van der Waals surface area contributed by atoms with Crippen LogP contribution in [0.1, 0.15) is 31.4 Å². The lowest BCUT2D eigenvalue weighted by Gasteiger charge is -2.19. The minimum absolute atomic E-state index is 0.0240. The molecule has 0 saturated heterocycles. The summed E-state index contributed by atoms with van der Waals surface area (Å²) in [4.78, 5) is 12.2. The molecule has 1 aliphatic rings. The lowest BCUT2D eigenvalue weighted by Crippen LogP contribution is -2.36. The molecule has 0 unspecified atom stereocenters. The summed E-state index contributed by atoms with van der Waals surface area (Å²) in [6.07, 6.45) is 5.80. The fourth-order valence-electron chi connectivity index (χ4n) is 2.54. The van der Waals surface area contributed by atoms with Crippen LogP contribution in [0.15, 0.2) is 48.8 Å². The SMILES string of the molecule is C[C@@H](C(=O)NCC1(c2ccccc2)CC1)n1cccn1. The van der Waals surface area contributed by atoms with Crippen LogP contribution in [0, 0.1) is 0 Å². The third-order valence-electron chi connectivity index (χ3n) is 4.14. The van der Waals surface area contributed by atoms with E-state index in [4.69, 9.17) is 0 Å². The second-order valence-corrected chi connectivity index (χ2v) is 5.53. The molecule has 20 heavy (non-hydrogen) atoms. The van der Waals surface area contributed by atoms with Crippen molar-refractivity contribution in [1.29, 1.82) is 0 Å². The summed E-state index contributed by atoms with van der Waals surface area (Å²) in [5.41, 5.74) is 1.48. The fourth-order valence-corrected chi connectivity index (χ4v) is 2.54. The first-order chi connectivity index (χ1) is 9.71. The van der Waals surface area contributed by atoms with Crippen LogP contribution in [0.4, 0.5) is 0 Å². The highest BCUT2D eigenvalue weighted by Gasteiger charge is 2.44. The van der Waals surface area contributed by atoms with E-state index in [1.165, 1.54) is 5.56 Å². The Morgan fingerprint density at radius 2 is 2.10 bits per heavy atom. The van der Waals surface area contributed by atoms with E-state index in [2.05, 4.69) is 34.7 Å². The van der Waals surface area contributed by atoms with Gasteiger partial charge < -0.3 is 5.32 Å². The Morgan fingerprint density at radius 1 is 1.35 bits per heavy atom. The standard InChI is InChI=1S/C16H19N3O/c1-13(19-11-5-10-18-19)15(20)17-12-16(8-9-16)14-6-3-2-4-7-14/h2-7,10-11,13H,8-9,12H2,1H3,(H,17,20)/t13-/m0/s1. The van der Waals surface area contributed by atoms with Crippen molar-refractivity contribution in [3.05, 3.63) is 54.4 Å². The highest BCUT2D eigenvalue weighted by Crippen LogP contribution is 2.47. The maximum absolute atomic E-state index is 12.2. The fraction of sp³-hybridized carbons (Fsp3) is 0.375. The molecule has 1 fully saturated rings. The van der Waals surface area contributed by atoms with Crippen molar-refractivity contribution in [3.8, 4) is 0 Å². The highest BCUT2D eigenvalue weighted by atomic mass is 16.2. The van der Waals surface area contributed by atoms with Crippen LogP contribution in [-0.4, -0.2) is 22.2 Å². The van der Waals surface area contributed by atoms with E-state index in [-0.39, 0.29) is 17.4 Å². The predicted octanol–water partition coefficient (Wildman–Crippen LogP) is 2.29. The molecule has 2 aromatic rings. The van der Waals surface area contributed by atoms with Crippen molar-refractivity contribution in [3.63, 3.8) is 0 Å². The minimum atomic E-state index is -0.267. The number of amides is 1. The summed E-state index contributed by atoms with van der Waals surface area (Å²) in [7, 11) is 0. The van der Waals surface area contributed by atoms with Gasteiger partial charge in [0.25, 0.3) is 0 Å². The molecule has 0 aliphatic heterocycles. The molecule has 1 N–H and O–H groups in total. The molecule has 104 valence electrons. The van der Waals surface area contributed by atoms with Crippen LogP contribution in [0.3, 0.4) is 0 Å². The van der Waals surface area contributed by atoms with Gasteiger partial charge in [-0.15, -0.1) is 0 Å². The number of nitrogens with zero attached hydrogens (tertiary/aromatic N) is 2. The topological polar surface area (TPSA) is 46.9 Å². The Hall–Kier alpha value is -2.10. The molecular weight excluding hydrogens is 250 g/mol. The second-order valence-electron chi connectivity index (χ2n) is 5.53. The lowest BCUT2D eigenvalue weighted by molar-refractivity contribution is -0.124. The first kappa shape index (κ1) is 12.9. The highest BCUT2D eigenvalue weighted by molar-refractivity contribution is 5.79. The van der Waals surface area contributed by atoms with E-state index in [0.29, 0.717) is 6.54 Å². The van der Waals surface area contributed by atoms with Gasteiger partial charge in [0.2, 0.25) is 5.91 Å². The molecule has 1 aromatic carbocycles. The number of aromatic nitrogens is 2. The predicted molar refractivity (Wildman–Crippen MR) is 77.3 cm³/mol. The van der Waals surface area contributed by atoms with Crippen molar-refractivity contribution in [2.24, 2.45) is 0 Å². The van der Waals surface area contributed by atoms with Gasteiger partial charge in [0, 0.05) is 24.4 Å². The van der Waals surface area contributed by atoms with Crippen molar-refractivity contribution in [2.45, 2.75) is 31.2 Å². The van der Waals surface area contributed by atoms with Gasteiger partial charge >= 0.3 is 0 Å². The van der Waals surface area contributed by atoms with Crippen LogP contribution in [0.5, 0.6) is 0 Å². The monoisotopic (exact) mass is 269 g/mol. The van der Waals surface area contributed by atoms with Gasteiger partial charge in [-0.25, -0.2) is 0 Å². The van der Waals surface area contributed by atoms with Gasteiger partial charge in [-0.05, 0) is 31.4 Å². The first-order valence-corrected chi connectivity index (χ1v) is 7.04. The smallest absolute Gasteiger partial charge is 0.244 e. The van der Waals surface area contributed by atoms with Gasteiger partial charge in [-0.3, -0.25) is 9.48 Å². The Kier molecular flexibility index (Phi) is 3.30. The maximum Gasteiger partial charge on any atom is 0.244 e. The van der Waals surface area contributed by atoms with Crippen molar-refractivity contribution >= 4 is 5.91 Å². The minimum Gasteiger partial charge on any atom is -0.353 e.